The van der Waals surface area contributed by atoms with Crippen molar-refractivity contribution in [2.45, 2.75) is 51.8 Å². The average molecular weight is 493 g/mol. The van der Waals surface area contributed by atoms with E-state index in [0.717, 1.165) is 5.69 Å². The number of benzene rings is 1. The molecule has 0 bridgehead atoms. The second-order valence-electron chi connectivity index (χ2n) is 9.17. The number of halogens is 3. The summed E-state index contributed by atoms with van der Waals surface area (Å²) in [5.41, 5.74) is 1.51. The number of nitrogens with one attached hydrogen (secondary N) is 1. The largest absolute Gasteiger partial charge is 0.573 e. The lowest BCUT2D eigenvalue weighted by molar-refractivity contribution is -0.274. The van der Waals surface area contributed by atoms with Crippen molar-refractivity contribution in [1.29, 1.82) is 0 Å². The molecular weight excluding hydrogens is 467 g/mol. The van der Waals surface area contributed by atoms with Crippen LogP contribution in [0.5, 0.6) is 5.75 Å². The molecule has 1 aromatic carbocycles. The lowest BCUT2D eigenvalue weighted by Crippen LogP contribution is -2.32. The van der Waals surface area contributed by atoms with E-state index in [-0.39, 0.29) is 12.3 Å². The minimum Gasteiger partial charge on any atom is -0.444 e. The Labute approximate surface area is 199 Å². The van der Waals surface area contributed by atoms with Gasteiger partial charge in [0.05, 0.1) is 35.1 Å². The van der Waals surface area contributed by atoms with Gasteiger partial charge in [-0.3, -0.25) is 0 Å². The van der Waals surface area contributed by atoms with Crippen LogP contribution in [0.25, 0.3) is 16.7 Å². The Bertz CT molecular complexity index is 1200. The van der Waals surface area contributed by atoms with Crippen LogP contribution in [-0.2, 0) is 11.3 Å². The van der Waals surface area contributed by atoms with Crippen LogP contribution in [0.4, 0.5) is 23.7 Å². The van der Waals surface area contributed by atoms with Crippen LogP contribution in [0.15, 0.2) is 36.5 Å². The molecule has 3 aromatic rings. The Morgan fingerprint density at radius 2 is 1.91 bits per heavy atom. The second kappa shape index (κ2) is 9.25. The van der Waals surface area contributed by atoms with E-state index in [1.54, 1.807) is 27.0 Å². The Hall–Kier alpha value is -3.54. The molecule has 3 heterocycles. The molecule has 1 unspecified atom stereocenters. The maximum Gasteiger partial charge on any atom is 0.573 e. The number of aliphatic hydroxyl groups is 1. The van der Waals surface area contributed by atoms with Crippen LogP contribution in [0.2, 0.25) is 0 Å². The molecule has 9 nitrogen and oxygen atoms in total. The number of pyridine rings is 1. The fourth-order valence-electron chi connectivity index (χ4n) is 3.88. The lowest BCUT2D eigenvalue weighted by atomic mass is 10.2. The van der Waals surface area contributed by atoms with Gasteiger partial charge >= 0.3 is 12.5 Å². The van der Waals surface area contributed by atoms with Crippen molar-refractivity contribution >= 4 is 22.8 Å². The van der Waals surface area contributed by atoms with E-state index < -0.39 is 24.2 Å². The molecule has 0 spiro atoms. The van der Waals surface area contributed by atoms with Gasteiger partial charge in [0.15, 0.2) is 5.65 Å². The molecule has 2 aromatic heterocycles. The summed E-state index contributed by atoms with van der Waals surface area (Å²) >= 11 is 0. The molecule has 4 rings (SSSR count). The summed E-state index contributed by atoms with van der Waals surface area (Å²) in [5, 5.41) is 18.0. The van der Waals surface area contributed by atoms with Crippen molar-refractivity contribution < 1.29 is 32.5 Å². The highest BCUT2D eigenvalue weighted by atomic mass is 19.4. The zero-order valence-corrected chi connectivity index (χ0v) is 19.5. The second-order valence-corrected chi connectivity index (χ2v) is 9.17. The van der Waals surface area contributed by atoms with Gasteiger partial charge in [-0.1, -0.05) is 0 Å². The normalized spacial score (nSPS) is 16.5. The summed E-state index contributed by atoms with van der Waals surface area (Å²) in [5.74, 6) is -0.357. The first kappa shape index (κ1) is 24.6. The summed E-state index contributed by atoms with van der Waals surface area (Å²) < 4.78 is 48.4. The zero-order chi connectivity index (χ0) is 25.4. The highest BCUT2D eigenvalue weighted by Crippen LogP contribution is 2.33. The number of alkyl halides is 3. The van der Waals surface area contributed by atoms with Crippen molar-refractivity contribution in [3.8, 4) is 11.4 Å². The first-order valence-electron chi connectivity index (χ1n) is 11.0. The maximum absolute atomic E-state index is 12.5. The summed E-state index contributed by atoms with van der Waals surface area (Å²) in [7, 11) is 0. The number of carbonyl (C=O) groups is 1. The molecular formula is C23H26F3N5O4. The number of carbonyl (C=O) groups excluding carboxylic acids is 1. The summed E-state index contributed by atoms with van der Waals surface area (Å²) in [6.45, 7) is 6.36. The first-order chi connectivity index (χ1) is 16.4. The molecule has 1 aliphatic rings. The highest BCUT2D eigenvalue weighted by molar-refractivity contribution is 5.93. The van der Waals surface area contributed by atoms with Crippen molar-refractivity contribution in [3.63, 3.8) is 0 Å². The molecule has 1 aliphatic heterocycles. The molecule has 1 atom stereocenters. The quantitative estimate of drug-likeness (QED) is 0.556. The van der Waals surface area contributed by atoms with Gasteiger partial charge < -0.3 is 24.8 Å². The molecule has 35 heavy (non-hydrogen) atoms. The molecule has 1 fully saturated rings. The Morgan fingerprint density at radius 3 is 2.51 bits per heavy atom. The van der Waals surface area contributed by atoms with Crippen molar-refractivity contribution in [2.24, 2.45) is 0 Å². The monoisotopic (exact) mass is 493 g/mol. The number of hydrogen-bond acceptors (Lipinski definition) is 7. The van der Waals surface area contributed by atoms with E-state index in [0.29, 0.717) is 41.9 Å². The molecule has 1 saturated heterocycles. The van der Waals surface area contributed by atoms with Gasteiger partial charge in [0.1, 0.15) is 11.4 Å². The van der Waals surface area contributed by atoms with E-state index in [2.05, 4.69) is 20.1 Å². The number of anilines is 1. The van der Waals surface area contributed by atoms with Crippen LogP contribution in [0.1, 0.15) is 32.9 Å². The SMILES string of the molecule is CC(C)(C)OC(=O)NCc1nn(-c2ccc(OC(F)(F)F)cc2)c2nccc(N3CCC(O)C3)c12. The summed E-state index contributed by atoms with van der Waals surface area (Å²) in [6, 6.07) is 7.06. The fourth-order valence-corrected chi connectivity index (χ4v) is 3.88. The summed E-state index contributed by atoms with van der Waals surface area (Å²) in [4.78, 5) is 18.7. The number of aliphatic hydroxyl groups excluding tert-OH is 1. The standard InChI is InChI=1S/C23H26F3N5O4/c1-22(2,3)35-21(33)28-12-17-19-18(30-11-9-15(32)13-30)8-10-27-20(19)31(29-17)14-4-6-16(7-5-14)34-23(24,25)26/h4-8,10,15,32H,9,11-13H2,1-3H3,(H,28,33). The Kier molecular flexibility index (Phi) is 6.50. The van der Waals surface area contributed by atoms with E-state index >= 15 is 0 Å². The predicted octanol–water partition coefficient (Wildman–Crippen LogP) is 3.91. The van der Waals surface area contributed by atoms with Gasteiger partial charge in [0.25, 0.3) is 0 Å². The van der Waals surface area contributed by atoms with E-state index in [4.69, 9.17) is 4.74 Å². The van der Waals surface area contributed by atoms with Gasteiger partial charge in [-0.05, 0) is 57.5 Å². The van der Waals surface area contributed by atoms with Gasteiger partial charge in [0.2, 0.25) is 0 Å². The van der Waals surface area contributed by atoms with Gasteiger partial charge in [-0.25, -0.2) is 14.5 Å². The average Bonchev–Trinajstić information content (AvgIpc) is 3.34. The van der Waals surface area contributed by atoms with Gasteiger partial charge in [0, 0.05) is 19.3 Å². The number of aromatic nitrogens is 3. The number of fused-ring (bicyclic) bond motifs is 1. The topological polar surface area (TPSA) is 102 Å². The van der Waals surface area contributed by atoms with Crippen molar-refractivity contribution in [2.75, 3.05) is 18.0 Å². The predicted molar refractivity (Wildman–Crippen MR) is 121 cm³/mol. The molecule has 1 amide bonds. The van der Waals surface area contributed by atoms with E-state index in [1.165, 1.54) is 28.9 Å². The highest BCUT2D eigenvalue weighted by Gasteiger charge is 2.31. The van der Waals surface area contributed by atoms with E-state index in [9.17, 15) is 23.1 Å². The first-order valence-corrected chi connectivity index (χ1v) is 11.0. The fraction of sp³-hybridized carbons (Fsp3) is 0.435. The molecule has 2 N–H and O–H groups in total. The van der Waals surface area contributed by atoms with Crippen LogP contribution in [-0.4, -0.2) is 57.1 Å². The Balaban J connectivity index is 1.72. The molecule has 188 valence electrons. The number of nitrogens with zero attached hydrogens (tertiary/aromatic N) is 4. The molecule has 0 radical (unpaired) electrons. The third-order valence-corrected chi connectivity index (χ3v) is 5.24. The smallest absolute Gasteiger partial charge is 0.444 e. The molecule has 0 aliphatic carbocycles. The number of β-amino-alcohol motifs (C(OH)–C–C–N with tert-alkyl or cyclic N) is 1. The van der Waals surface area contributed by atoms with Crippen molar-refractivity contribution in [1.82, 2.24) is 20.1 Å². The van der Waals surface area contributed by atoms with Crippen molar-refractivity contribution in [3.05, 3.63) is 42.2 Å². The van der Waals surface area contributed by atoms with Crippen LogP contribution in [0.3, 0.4) is 0 Å². The maximum atomic E-state index is 12.5. The number of ether oxygens (including phenoxy) is 2. The molecule has 12 heteroatoms. The molecule has 0 saturated carbocycles. The number of hydrogen-bond donors (Lipinski definition) is 2. The lowest BCUT2D eigenvalue weighted by Gasteiger charge is -2.20. The summed E-state index contributed by atoms with van der Waals surface area (Å²) in [6.07, 6.45) is -3.65. The van der Waals surface area contributed by atoms with Gasteiger partial charge in [-0.2, -0.15) is 5.10 Å². The van der Waals surface area contributed by atoms with E-state index in [1.807, 2.05) is 11.0 Å². The van der Waals surface area contributed by atoms with Crippen LogP contribution in [0, 0.1) is 0 Å². The third-order valence-electron chi connectivity index (χ3n) is 5.24. The minimum absolute atomic E-state index is 0.0305. The van der Waals surface area contributed by atoms with Gasteiger partial charge in [-0.15, -0.1) is 13.2 Å². The number of amides is 1. The third kappa shape index (κ3) is 5.94. The van der Waals surface area contributed by atoms with Crippen LogP contribution < -0.4 is 15.0 Å². The number of alkyl carbamates (subject to hydrolysis) is 1. The van der Waals surface area contributed by atoms with Crippen LogP contribution >= 0.6 is 0 Å². The minimum atomic E-state index is -4.79. The zero-order valence-electron chi connectivity index (χ0n) is 19.5. The number of rotatable bonds is 5. The Morgan fingerprint density at radius 1 is 1.20 bits per heavy atom.